The Labute approximate surface area is 243 Å². The van der Waals surface area contributed by atoms with E-state index < -0.39 is 0 Å². The molecule has 198 valence electrons. The van der Waals surface area contributed by atoms with Gasteiger partial charge < -0.3 is 0 Å². The maximum absolute atomic E-state index is 13.2. The smallest absolute Gasteiger partial charge is 0.185 e. The first-order chi connectivity index (χ1) is 20.0. The van der Waals surface area contributed by atoms with Crippen LogP contribution in [0.25, 0.3) is 55.3 Å². The van der Waals surface area contributed by atoms with Crippen LogP contribution in [-0.4, -0.2) is 15.6 Å². The average Bonchev–Trinajstić information content (AvgIpc) is 3.42. The van der Waals surface area contributed by atoms with Gasteiger partial charge >= 0.3 is 0 Å². The average molecular weight is 551 g/mol. The van der Waals surface area contributed by atoms with Crippen LogP contribution >= 0.6 is 11.6 Å². The Kier molecular flexibility index (Phi) is 6.18. The normalized spacial score (nSPS) is 12.0. The number of halogens is 1. The maximum atomic E-state index is 13.2. The molecule has 1 aromatic heterocycles. The number of aromatic nitrogens is 2. The first kappa shape index (κ1) is 25.3. The molecule has 0 fully saturated rings. The van der Waals surface area contributed by atoms with E-state index in [4.69, 9.17) is 16.7 Å². The van der Waals surface area contributed by atoms with E-state index in [0.717, 1.165) is 27.9 Å². The summed E-state index contributed by atoms with van der Waals surface area (Å²) in [6, 6.07) is 34.9. The lowest BCUT2D eigenvalue weighted by Gasteiger charge is -2.13. The van der Waals surface area contributed by atoms with Crippen LogP contribution in [0.2, 0.25) is 5.02 Å². The molecule has 0 bridgehead atoms. The number of nitrogens with zero attached hydrogens (tertiary/aromatic N) is 2. The van der Waals surface area contributed by atoms with Crippen LogP contribution in [0.4, 0.5) is 0 Å². The maximum Gasteiger partial charge on any atom is 0.185 e. The molecule has 7 aromatic rings. The molecule has 41 heavy (non-hydrogen) atoms. The third-order valence-corrected chi connectivity index (χ3v) is 8.11. The van der Waals surface area contributed by atoms with Gasteiger partial charge in [0.2, 0.25) is 0 Å². The Morgan fingerprint density at radius 1 is 0.805 bits per heavy atom. The standard InChI is InChI=1S/C37H27ClN2O/c1-23(2)24-9-11-25(12-10-24)34(41)20-17-29-22-40(31-8-4-7-30(38)21-31)39-37(29)33-19-16-28-14-13-26-5-3-6-27-15-18-32(33)36(28)35(26)27/h3-23H,1-2H3/b20-17+. The first-order valence-electron chi connectivity index (χ1n) is 13.8. The number of carbonyl (C=O) groups is 1. The molecule has 0 aliphatic heterocycles. The SMILES string of the molecule is CC(C)c1ccc(C(=O)/C=C/c2cn(-c3cccc(Cl)c3)nc2-c2ccc3ccc4cccc5ccc2c3c45)cc1. The van der Waals surface area contributed by atoms with E-state index in [2.05, 4.69) is 68.4 Å². The van der Waals surface area contributed by atoms with Crippen molar-refractivity contribution in [1.82, 2.24) is 9.78 Å². The van der Waals surface area contributed by atoms with Crippen molar-refractivity contribution in [3.63, 3.8) is 0 Å². The second-order valence-corrected chi connectivity index (χ2v) is 11.2. The number of benzene rings is 6. The van der Waals surface area contributed by atoms with Crippen molar-refractivity contribution in [2.24, 2.45) is 0 Å². The highest BCUT2D eigenvalue weighted by molar-refractivity contribution is 6.30. The predicted molar refractivity (Wildman–Crippen MR) is 172 cm³/mol. The van der Waals surface area contributed by atoms with Gasteiger partial charge in [0.25, 0.3) is 0 Å². The summed E-state index contributed by atoms with van der Waals surface area (Å²) < 4.78 is 1.83. The molecule has 3 nitrogen and oxygen atoms in total. The Morgan fingerprint density at radius 2 is 1.49 bits per heavy atom. The van der Waals surface area contributed by atoms with Crippen molar-refractivity contribution >= 4 is 55.8 Å². The van der Waals surface area contributed by atoms with E-state index in [1.54, 1.807) is 6.08 Å². The van der Waals surface area contributed by atoms with E-state index in [1.165, 1.54) is 32.5 Å². The molecule has 4 heteroatoms. The molecule has 0 unspecified atom stereocenters. The van der Waals surface area contributed by atoms with Gasteiger partial charge in [-0.3, -0.25) is 4.79 Å². The topological polar surface area (TPSA) is 34.9 Å². The van der Waals surface area contributed by atoms with E-state index in [1.807, 2.05) is 65.5 Å². The van der Waals surface area contributed by atoms with Crippen molar-refractivity contribution in [2.45, 2.75) is 19.8 Å². The summed E-state index contributed by atoms with van der Waals surface area (Å²) in [6.45, 7) is 4.30. The number of hydrogen-bond donors (Lipinski definition) is 0. The van der Waals surface area contributed by atoms with Crippen LogP contribution in [-0.2, 0) is 0 Å². The van der Waals surface area contributed by atoms with Crippen molar-refractivity contribution in [3.05, 3.63) is 137 Å². The van der Waals surface area contributed by atoms with E-state index >= 15 is 0 Å². The minimum absolute atomic E-state index is 0.0443. The number of allylic oxidation sites excluding steroid dienone is 1. The molecule has 0 amide bonds. The predicted octanol–water partition coefficient (Wildman–Crippen LogP) is 10.1. The van der Waals surface area contributed by atoms with Gasteiger partial charge in [-0.25, -0.2) is 4.68 Å². The van der Waals surface area contributed by atoms with E-state index in [-0.39, 0.29) is 5.78 Å². The molecule has 7 rings (SSSR count). The lowest BCUT2D eigenvalue weighted by Crippen LogP contribution is -1.95. The summed E-state index contributed by atoms with van der Waals surface area (Å²) in [6.07, 6.45) is 5.48. The Hall–Kier alpha value is -4.73. The van der Waals surface area contributed by atoms with Crippen LogP contribution < -0.4 is 0 Å². The minimum atomic E-state index is -0.0443. The largest absolute Gasteiger partial charge is 0.289 e. The zero-order valence-electron chi connectivity index (χ0n) is 22.8. The lowest BCUT2D eigenvalue weighted by atomic mass is 9.90. The molecule has 0 N–H and O–H groups in total. The van der Waals surface area contributed by atoms with Crippen molar-refractivity contribution < 1.29 is 4.79 Å². The number of ketones is 1. The van der Waals surface area contributed by atoms with Gasteiger partial charge in [0.05, 0.1) is 5.69 Å². The summed E-state index contributed by atoms with van der Waals surface area (Å²) in [5.74, 6) is 0.372. The summed E-state index contributed by atoms with van der Waals surface area (Å²) in [5.41, 5.74) is 5.41. The highest BCUT2D eigenvalue weighted by atomic mass is 35.5. The van der Waals surface area contributed by atoms with Gasteiger partial charge in [-0.1, -0.05) is 110 Å². The highest BCUT2D eigenvalue weighted by Gasteiger charge is 2.17. The van der Waals surface area contributed by atoms with Crippen molar-refractivity contribution in [2.75, 3.05) is 0 Å². The van der Waals surface area contributed by atoms with Gasteiger partial charge in [0, 0.05) is 27.9 Å². The van der Waals surface area contributed by atoms with Gasteiger partial charge in [-0.05, 0) is 74.1 Å². The highest BCUT2D eigenvalue weighted by Crippen LogP contribution is 2.40. The zero-order chi connectivity index (χ0) is 28.1. The lowest BCUT2D eigenvalue weighted by molar-refractivity contribution is 0.104. The molecule has 0 spiro atoms. The van der Waals surface area contributed by atoms with Crippen LogP contribution in [0.15, 0.2) is 115 Å². The molecule has 0 saturated carbocycles. The van der Waals surface area contributed by atoms with Crippen LogP contribution in [0, 0.1) is 0 Å². The Bertz CT molecular complexity index is 2080. The third kappa shape index (κ3) is 4.49. The summed E-state index contributed by atoms with van der Waals surface area (Å²) >= 11 is 6.33. The molecule has 6 aromatic carbocycles. The number of hydrogen-bond acceptors (Lipinski definition) is 2. The Balaban J connectivity index is 1.39. The van der Waals surface area contributed by atoms with Gasteiger partial charge in [-0.2, -0.15) is 5.10 Å². The summed E-state index contributed by atoms with van der Waals surface area (Å²) in [5, 5.41) is 12.9. The molecule has 0 atom stereocenters. The van der Waals surface area contributed by atoms with Gasteiger partial charge in [0.1, 0.15) is 5.69 Å². The fourth-order valence-electron chi connectivity index (χ4n) is 5.71. The van der Waals surface area contributed by atoms with Crippen molar-refractivity contribution in [3.8, 4) is 16.9 Å². The zero-order valence-corrected chi connectivity index (χ0v) is 23.6. The molecule has 0 aliphatic carbocycles. The van der Waals surface area contributed by atoms with Gasteiger partial charge in [-0.15, -0.1) is 0 Å². The third-order valence-electron chi connectivity index (χ3n) is 7.88. The second-order valence-electron chi connectivity index (χ2n) is 10.8. The molecule has 0 aliphatic rings. The van der Waals surface area contributed by atoms with E-state index in [9.17, 15) is 4.79 Å². The molecular formula is C37H27ClN2O. The van der Waals surface area contributed by atoms with Crippen molar-refractivity contribution in [1.29, 1.82) is 0 Å². The van der Waals surface area contributed by atoms with Crippen LogP contribution in [0.3, 0.4) is 0 Å². The first-order valence-corrected chi connectivity index (χ1v) is 14.2. The minimum Gasteiger partial charge on any atom is -0.289 e. The molecular weight excluding hydrogens is 524 g/mol. The fourth-order valence-corrected chi connectivity index (χ4v) is 5.89. The monoisotopic (exact) mass is 550 g/mol. The quantitative estimate of drug-likeness (QED) is 0.117. The molecule has 1 heterocycles. The second kappa shape index (κ2) is 10.0. The number of carbonyl (C=O) groups excluding carboxylic acids is 1. The summed E-state index contributed by atoms with van der Waals surface area (Å²) in [4.78, 5) is 13.2. The van der Waals surface area contributed by atoms with Gasteiger partial charge in [0.15, 0.2) is 5.78 Å². The summed E-state index contributed by atoms with van der Waals surface area (Å²) in [7, 11) is 0. The van der Waals surface area contributed by atoms with E-state index in [0.29, 0.717) is 16.5 Å². The number of rotatable bonds is 6. The van der Waals surface area contributed by atoms with Crippen LogP contribution in [0.5, 0.6) is 0 Å². The fraction of sp³-hybridized carbons (Fsp3) is 0.0811. The molecule has 0 saturated heterocycles. The molecule has 0 radical (unpaired) electrons. The van der Waals surface area contributed by atoms with Crippen LogP contribution in [0.1, 0.15) is 41.3 Å². The Morgan fingerprint density at radius 3 is 2.22 bits per heavy atom.